The van der Waals surface area contributed by atoms with Crippen LogP contribution in [-0.2, 0) is 0 Å². The zero-order valence-corrected chi connectivity index (χ0v) is 13.3. The van der Waals surface area contributed by atoms with Crippen LogP contribution in [0.1, 0.15) is 38.2 Å². The summed E-state index contributed by atoms with van der Waals surface area (Å²) in [6.45, 7) is 8.42. The van der Waals surface area contributed by atoms with Gasteiger partial charge in [0.25, 0.3) is 5.91 Å². The second-order valence-electron chi connectivity index (χ2n) is 5.98. The standard InChI is InChI=1S/C17H23NO3/c1-10(2)15(11(3)4)18-17(19)14-9-12-7-6-8-13(20-5)16(12)21-14/h6-11,15H,1-5H3,(H,18,19). The molecule has 0 atom stereocenters. The summed E-state index contributed by atoms with van der Waals surface area (Å²) in [6, 6.07) is 7.47. The van der Waals surface area contributed by atoms with Gasteiger partial charge in [-0.2, -0.15) is 0 Å². The Labute approximate surface area is 125 Å². The van der Waals surface area contributed by atoms with E-state index in [4.69, 9.17) is 9.15 Å². The third-order valence-electron chi connectivity index (χ3n) is 3.69. The molecule has 2 rings (SSSR count). The van der Waals surface area contributed by atoms with E-state index < -0.39 is 0 Å². The molecule has 1 amide bonds. The number of hydrogen-bond donors (Lipinski definition) is 1. The Morgan fingerprint density at radius 3 is 2.43 bits per heavy atom. The first kappa shape index (κ1) is 15.4. The number of methoxy groups -OCH3 is 1. The number of benzene rings is 1. The van der Waals surface area contributed by atoms with E-state index in [1.807, 2.05) is 18.2 Å². The van der Waals surface area contributed by atoms with Crippen molar-refractivity contribution in [2.24, 2.45) is 11.8 Å². The summed E-state index contributed by atoms with van der Waals surface area (Å²) in [5.41, 5.74) is 0.607. The van der Waals surface area contributed by atoms with Gasteiger partial charge >= 0.3 is 0 Å². The Hall–Kier alpha value is -1.97. The summed E-state index contributed by atoms with van der Waals surface area (Å²) < 4.78 is 10.9. The number of ether oxygens (including phenoxy) is 1. The molecule has 4 heteroatoms. The summed E-state index contributed by atoms with van der Waals surface area (Å²) in [5.74, 6) is 1.51. The summed E-state index contributed by atoms with van der Waals surface area (Å²) >= 11 is 0. The molecule has 1 N–H and O–H groups in total. The van der Waals surface area contributed by atoms with Gasteiger partial charge in [-0.15, -0.1) is 0 Å². The van der Waals surface area contributed by atoms with Crippen LogP contribution in [0.25, 0.3) is 11.0 Å². The first-order valence-corrected chi connectivity index (χ1v) is 7.31. The second kappa shape index (κ2) is 6.20. The first-order chi connectivity index (χ1) is 9.93. The van der Waals surface area contributed by atoms with Crippen molar-refractivity contribution in [1.29, 1.82) is 0 Å². The number of para-hydroxylation sites is 1. The predicted molar refractivity (Wildman–Crippen MR) is 83.7 cm³/mol. The number of fused-ring (bicyclic) bond motifs is 1. The molecule has 0 saturated carbocycles. The van der Waals surface area contributed by atoms with Gasteiger partial charge in [0.05, 0.1) is 7.11 Å². The van der Waals surface area contributed by atoms with Gasteiger partial charge in [-0.25, -0.2) is 0 Å². The van der Waals surface area contributed by atoms with Crippen molar-refractivity contribution in [3.05, 3.63) is 30.0 Å². The molecule has 1 aromatic carbocycles. The van der Waals surface area contributed by atoms with Crippen molar-refractivity contribution in [3.8, 4) is 5.75 Å². The smallest absolute Gasteiger partial charge is 0.287 e. The van der Waals surface area contributed by atoms with Gasteiger partial charge in [0, 0.05) is 11.4 Å². The van der Waals surface area contributed by atoms with Gasteiger partial charge < -0.3 is 14.5 Å². The molecule has 0 fully saturated rings. The minimum Gasteiger partial charge on any atom is -0.493 e. The zero-order chi connectivity index (χ0) is 15.6. The van der Waals surface area contributed by atoms with Crippen LogP contribution in [0.3, 0.4) is 0 Å². The van der Waals surface area contributed by atoms with E-state index in [9.17, 15) is 4.79 Å². The van der Waals surface area contributed by atoms with Crippen LogP contribution < -0.4 is 10.1 Å². The number of carbonyl (C=O) groups excluding carboxylic acids is 1. The first-order valence-electron chi connectivity index (χ1n) is 7.31. The summed E-state index contributed by atoms with van der Waals surface area (Å²) in [6.07, 6.45) is 0. The number of hydrogen-bond acceptors (Lipinski definition) is 3. The fourth-order valence-corrected chi connectivity index (χ4v) is 2.63. The third kappa shape index (κ3) is 3.20. The molecule has 0 radical (unpaired) electrons. The van der Waals surface area contributed by atoms with E-state index in [0.29, 0.717) is 28.9 Å². The molecule has 0 saturated heterocycles. The van der Waals surface area contributed by atoms with Crippen molar-refractivity contribution in [2.45, 2.75) is 33.7 Å². The predicted octanol–water partition coefficient (Wildman–Crippen LogP) is 3.85. The molecule has 0 spiro atoms. The maximum absolute atomic E-state index is 12.4. The lowest BCUT2D eigenvalue weighted by atomic mass is 9.93. The van der Waals surface area contributed by atoms with Gasteiger partial charge in [0.1, 0.15) is 0 Å². The molecule has 0 aliphatic carbocycles. The number of nitrogens with one attached hydrogen (secondary N) is 1. The van der Waals surface area contributed by atoms with E-state index >= 15 is 0 Å². The summed E-state index contributed by atoms with van der Waals surface area (Å²) in [5, 5.41) is 3.92. The average molecular weight is 289 g/mol. The highest BCUT2D eigenvalue weighted by atomic mass is 16.5. The fraction of sp³-hybridized carbons (Fsp3) is 0.471. The molecule has 1 aromatic heterocycles. The number of furan rings is 1. The summed E-state index contributed by atoms with van der Waals surface area (Å²) in [7, 11) is 1.59. The van der Waals surface area contributed by atoms with Crippen LogP contribution >= 0.6 is 0 Å². The van der Waals surface area contributed by atoms with E-state index in [1.165, 1.54) is 0 Å². The molecule has 0 aliphatic rings. The third-order valence-corrected chi connectivity index (χ3v) is 3.69. The second-order valence-corrected chi connectivity index (χ2v) is 5.98. The molecule has 2 aromatic rings. The van der Waals surface area contributed by atoms with Gasteiger partial charge in [-0.3, -0.25) is 4.79 Å². The molecule has 4 nitrogen and oxygen atoms in total. The average Bonchev–Trinajstić information content (AvgIpc) is 2.87. The Morgan fingerprint density at radius 2 is 1.86 bits per heavy atom. The van der Waals surface area contributed by atoms with Crippen LogP contribution in [0.15, 0.2) is 28.7 Å². The SMILES string of the molecule is COc1cccc2cc(C(=O)NC(C(C)C)C(C)C)oc12. The van der Waals surface area contributed by atoms with Crippen LogP contribution in [0.5, 0.6) is 5.75 Å². The quantitative estimate of drug-likeness (QED) is 0.909. The van der Waals surface area contributed by atoms with E-state index in [1.54, 1.807) is 13.2 Å². The van der Waals surface area contributed by atoms with Gasteiger partial charge in [-0.1, -0.05) is 39.8 Å². The minimum absolute atomic E-state index is 0.118. The van der Waals surface area contributed by atoms with Crippen molar-refractivity contribution in [2.75, 3.05) is 7.11 Å². The Kier molecular flexibility index (Phi) is 4.56. The maximum atomic E-state index is 12.4. The molecule has 0 aliphatic heterocycles. The van der Waals surface area contributed by atoms with Crippen molar-refractivity contribution in [3.63, 3.8) is 0 Å². The topological polar surface area (TPSA) is 51.5 Å². The molecule has 21 heavy (non-hydrogen) atoms. The van der Waals surface area contributed by atoms with Crippen molar-refractivity contribution >= 4 is 16.9 Å². The van der Waals surface area contributed by atoms with Gasteiger partial charge in [0.15, 0.2) is 17.1 Å². The maximum Gasteiger partial charge on any atom is 0.287 e. The lowest BCUT2D eigenvalue weighted by Crippen LogP contribution is -2.42. The van der Waals surface area contributed by atoms with E-state index in [-0.39, 0.29) is 11.9 Å². The largest absolute Gasteiger partial charge is 0.493 e. The van der Waals surface area contributed by atoms with Gasteiger partial charge in [-0.05, 0) is 24.0 Å². The molecule has 1 heterocycles. The monoisotopic (exact) mass is 289 g/mol. The Bertz CT molecular complexity index is 620. The van der Waals surface area contributed by atoms with Gasteiger partial charge in [0.2, 0.25) is 0 Å². The molecular weight excluding hydrogens is 266 g/mol. The van der Waals surface area contributed by atoms with E-state index in [2.05, 4.69) is 33.0 Å². The lowest BCUT2D eigenvalue weighted by molar-refractivity contribution is 0.0884. The van der Waals surface area contributed by atoms with Crippen LogP contribution in [-0.4, -0.2) is 19.1 Å². The zero-order valence-electron chi connectivity index (χ0n) is 13.3. The van der Waals surface area contributed by atoms with Crippen LogP contribution in [0, 0.1) is 11.8 Å². The molecule has 0 bridgehead atoms. The highest BCUT2D eigenvalue weighted by Gasteiger charge is 2.22. The van der Waals surface area contributed by atoms with Crippen molar-refractivity contribution < 1.29 is 13.9 Å². The molecule has 114 valence electrons. The van der Waals surface area contributed by atoms with Crippen molar-refractivity contribution in [1.82, 2.24) is 5.32 Å². The molecular formula is C17H23NO3. The Balaban J connectivity index is 2.27. The normalized spacial score (nSPS) is 11.6. The number of carbonyl (C=O) groups is 1. The van der Waals surface area contributed by atoms with E-state index in [0.717, 1.165) is 5.39 Å². The minimum atomic E-state index is -0.180. The fourth-order valence-electron chi connectivity index (χ4n) is 2.63. The van der Waals surface area contributed by atoms with Crippen LogP contribution in [0.4, 0.5) is 0 Å². The number of rotatable bonds is 5. The highest BCUT2D eigenvalue weighted by Crippen LogP contribution is 2.28. The van der Waals surface area contributed by atoms with Crippen LogP contribution in [0.2, 0.25) is 0 Å². The molecule has 0 unspecified atom stereocenters. The summed E-state index contributed by atoms with van der Waals surface area (Å²) in [4.78, 5) is 12.4. The Morgan fingerprint density at radius 1 is 1.19 bits per heavy atom. The lowest BCUT2D eigenvalue weighted by Gasteiger charge is -2.25. The highest BCUT2D eigenvalue weighted by molar-refractivity contribution is 5.97. The number of amides is 1.